The van der Waals surface area contributed by atoms with Crippen LogP contribution in [0.25, 0.3) is 5.57 Å². The van der Waals surface area contributed by atoms with Gasteiger partial charge < -0.3 is 20.2 Å². The quantitative estimate of drug-likeness (QED) is 0.404. The second-order valence-corrected chi connectivity index (χ2v) is 6.52. The van der Waals surface area contributed by atoms with Gasteiger partial charge in [0.25, 0.3) is 0 Å². The van der Waals surface area contributed by atoms with Gasteiger partial charge in [0.15, 0.2) is 0 Å². The molecule has 1 aliphatic heterocycles. The van der Waals surface area contributed by atoms with Crippen molar-refractivity contribution in [1.82, 2.24) is 0 Å². The maximum Gasteiger partial charge on any atom is 0.339 e. The minimum absolute atomic E-state index is 0.189. The van der Waals surface area contributed by atoms with E-state index in [1.807, 2.05) is 6.07 Å². The van der Waals surface area contributed by atoms with Crippen LogP contribution in [0, 0.1) is 17.2 Å². The summed E-state index contributed by atoms with van der Waals surface area (Å²) in [6, 6.07) is 7.50. The Kier molecular flexibility index (Phi) is 6.80. The van der Waals surface area contributed by atoms with Crippen LogP contribution in [-0.4, -0.2) is 41.0 Å². The van der Waals surface area contributed by atoms with Gasteiger partial charge in [-0.3, -0.25) is 0 Å². The van der Waals surface area contributed by atoms with Crippen molar-refractivity contribution in [2.24, 2.45) is 5.92 Å². The van der Waals surface area contributed by atoms with E-state index in [4.69, 9.17) is 0 Å². The lowest BCUT2D eigenvalue weighted by atomic mass is 9.95. The van der Waals surface area contributed by atoms with Gasteiger partial charge in [-0.2, -0.15) is 5.26 Å². The van der Waals surface area contributed by atoms with Gasteiger partial charge in [0.2, 0.25) is 0 Å². The van der Waals surface area contributed by atoms with Gasteiger partial charge in [-0.05, 0) is 61.1 Å². The predicted octanol–water partition coefficient (Wildman–Crippen LogP) is 3.25. The molecule has 3 N–H and O–H groups in total. The Morgan fingerprint density at radius 2 is 2.04 bits per heavy atom. The van der Waals surface area contributed by atoms with Crippen LogP contribution in [0.4, 0.5) is 5.69 Å². The number of carbonyl (C=O) groups is 1. The first kappa shape index (κ1) is 20.3. The average molecular weight is 368 g/mol. The van der Waals surface area contributed by atoms with E-state index in [1.165, 1.54) is 19.1 Å². The summed E-state index contributed by atoms with van der Waals surface area (Å²) in [6.07, 6.45) is 4.35. The molecule has 0 aliphatic carbocycles. The number of nitrogens with zero attached hydrogens (tertiary/aromatic N) is 2. The lowest BCUT2D eigenvalue weighted by Gasteiger charge is -2.33. The highest BCUT2D eigenvalue weighted by molar-refractivity contribution is 5.94. The number of nitriles is 1. The molecule has 0 saturated carbocycles. The Morgan fingerprint density at radius 1 is 1.37 bits per heavy atom. The highest BCUT2D eigenvalue weighted by Crippen LogP contribution is 2.29. The first-order chi connectivity index (χ1) is 12.9. The Morgan fingerprint density at radius 3 is 2.56 bits per heavy atom. The van der Waals surface area contributed by atoms with Gasteiger partial charge in [-0.25, -0.2) is 4.79 Å². The number of piperidine rings is 1. The maximum absolute atomic E-state index is 11.3. The first-order valence-corrected chi connectivity index (χ1v) is 8.81. The molecule has 0 unspecified atom stereocenters. The molecular formula is C21H24N2O4. The van der Waals surface area contributed by atoms with Crippen molar-refractivity contribution in [2.75, 3.05) is 24.6 Å². The standard InChI is InChI=1S/C21H24N2O4/c1-3-20(25)18(21(26)27)10-14(2)16-4-5-19(17(11-16)12-22)23-8-6-15(13-24)7-9-23/h3-5,10-11,15,24-25H,2,6-9,13H2,1H3,(H,26,27)/b18-10+,20-3+. The molecule has 1 heterocycles. The van der Waals surface area contributed by atoms with Gasteiger partial charge >= 0.3 is 5.97 Å². The molecule has 0 atom stereocenters. The molecule has 0 spiro atoms. The summed E-state index contributed by atoms with van der Waals surface area (Å²) in [5, 5.41) is 37.8. The van der Waals surface area contributed by atoms with Crippen LogP contribution < -0.4 is 4.90 Å². The largest absolute Gasteiger partial charge is 0.507 e. The van der Waals surface area contributed by atoms with Gasteiger partial charge in [0.1, 0.15) is 17.4 Å². The number of benzene rings is 1. The normalized spacial score (nSPS) is 16.1. The van der Waals surface area contributed by atoms with E-state index in [0.29, 0.717) is 22.6 Å². The predicted molar refractivity (Wildman–Crippen MR) is 104 cm³/mol. The van der Waals surface area contributed by atoms with Crippen LogP contribution in [-0.2, 0) is 4.79 Å². The molecule has 0 bridgehead atoms. The molecule has 1 fully saturated rings. The molecule has 1 aromatic rings. The lowest BCUT2D eigenvalue weighted by Crippen LogP contribution is -2.35. The molecule has 27 heavy (non-hydrogen) atoms. The van der Waals surface area contributed by atoms with Crippen molar-refractivity contribution >= 4 is 17.2 Å². The van der Waals surface area contributed by atoms with Gasteiger partial charge in [0, 0.05) is 19.7 Å². The van der Waals surface area contributed by atoms with E-state index < -0.39 is 5.97 Å². The molecular weight excluding hydrogens is 344 g/mol. The number of rotatable bonds is 6. The van der Waals surface area contributed by atoms with E-state index in [-0.39, 0.29) is 17.9 Å². The molecule has 1 aromatic carbocycles. The summed E-state index contributed by atoms with van der Waals surface area (Å²) < 4.78 is 0. The number of allylic oxidation sites excluding steroid dienone is 3. The SMILES string of the molecule is C=C(/C=C(C(=O)O)\C(O)=C/C)c1ccc(N2CCC(CO)CC2)c(C#N)c1. The van der Waals surface area contributed by atoms with Crippen LogP contribution in [0.2, 0.25) is 0 Å². The molecule has 1 saturated heterocycles. The summed E-state index contributed by atoms with van der Waals surface area (Å²) in [5.41, 5.74) is 2.06. The number of anilines is 1. The van der Waals surface area contributed by atoms with Crippen LogP contribution in [0.15, 0.2) is 48.3 Å². The van der Waals surface area contributed by atoms with Crippen molar-refractivity contribution in [3.05, 3.63) is 59.4 Å². The third-order valence-corrected chi connectivity index (χ3v) is 4.80. The number of aliphatic hydroxyl groups is 2. The van der Waals surface area contributed by atoms with E-state index in [9.17, 15) is 25.4 Å². The Labute approximate surface area is 159 Å². The summed E-state index contributed by atoms with van der Waals surface area (Å²) in [6.45, 7) is 7.15. The average Bonchev–Trinajstić information content (AvgIpc) is 2.70. The Balaban J connectivity index is 2.29. The van der Waals surface area contributed by atoms with Crippen molar-refractivity contribution in [3.8, 4) is 6.07 Å². The third-order valence-electron chi connectivity index (χ3n) is 4.80. The number of carboxylic acids is 1. The van der Waals surface area contributed by atoms with Crippen molar-refractivity contribution in [3.63, 3.8) is 0 Å². The maximum atomic E-state index is 11.3. The second-order valence-electron chi connectivity index (χ2n) is 6.52. The fraction of sp³-hybridized carbons (Fsp3) is 0.333. The van der Waals surface area contributed by atoms with Gasteiger partial charge in [0.05, 0.1) is 11.3 Å². The first-order valence-electron chi connectivity index (χ1n) is 8.81. The summed E-state index contributed by atoms with van der Waals surface area (Å²) in [4.78, 5) is 13.4. The van der Waals surface area contributed by atoms with Crippen molar-refractivity contribution < 1.29 is 20.1 Å². The molecule has 6 nitrogen and oxygen atoms in total. The molecule has 0 amide bonds. The molecule has 0 radical (unpaired) electrons. The second kappa shape index (κ2) is 9.06. The Bertz CT molecular complexity index is 825. The fourth-order valence-electron chi connectivity index (χ4n) is 3.12. The minimum atomic E-state index is -1.25. The van der Waals surface area contributed by atoms with Crippen molar-refractivity contribution in [1.29, 1.82) is 5.26 Å². The summed E-state index contributed by atoms with van der Waals surface area (Å²) in [5.74, 6) is -1.28. The van der Waals surface area contributed by atoms with Crippen molar-refractivity contribution in [2.45, 2.75) is 19.8 Å². The lowest BCUT2D eigenvalue weighted by molar-refractivity contribution is -0.132. The zero-order valence-corrected chi connectivity index (χ0v) is 15.4. The molecule has 1 aliphatic rings. The monoisotopic (exact) mass is 368 g/mol. The van der Waals surface area contributed by atoms with E-state index >= 15 is 0 Å². The smallest absolute Gasteiger partial charge is 0.339 e. The molecule has 0 aromatic heterocycles. The number of carboxylic acid groups (broad SMARTS) is 1. The van der Waals surface area contributed by atoms with E-state index in [0.717, 1.165) is 31.6 Å². The Hall–Kier alpha value is -3.04. The van der Waals surface area contributed by atoms with E-state index in [1.54, 1.807) is 12.1 Å². The van der Waals surface area contributed by atoms with Crippen LogP contribution in [0.3, 0.4) is 0 Å². The molecule has 6 heteroatoms. The van der Waals surface area contributed by atoms with Crippen LogP contribution >= 0.6 is 0 Å². The fourth-order valence-corrected chi connectivity index (χ4v) is 3.12. The van der Waals surface area contributed by atoms with Crippen LogP contribution in [0.1, 0.15) is 30.9 Å². The highest BCUT2D eigenvalue weighted by atomic mass is 16.4. The number of aliphatic carboxylic acids is 1. The topological polar surface area (TPSA) is 105 Å². The molecule has 142 valence electrons. The zero-order valence-electron chi connectivity index (χ0n) is 15.4. The number of hydrogen-bond donors (Lipinski definition) is 3. The van der Waals surface area contributed by atoms with E-state index in [2.05, 4.69) is 17.5 Å². The summed E-state index contributed by atoms with van der Waals surface area (Å²) >= 11 is 0. The highest BCUT2D eigenvalue weighted by Gasteiger charge is 2.21. The van der Waals surface area contributed by atoms with Gasteiger partial charge in [-0.1, -0.05) is 12.6 Å². The van der Waals surface area contributed by atoms with Crippen LogP contribution in [0.5, 0.6) is 0 Å². The van der Waals surface area contributed by atoms with Gasteiger partial charge in [-0.15, -0.1) is 0 Å². The third kappa shape index (κ3) is 4.78. The number of hydrogen-bond acceptors (Lipinski definition) is 5. The molecule has 2 rings (SSSR count). The summed E-state index contributed by atoms with van der Waals surface area (Å²) in [7, 11) is 0. The zero-order chi connectivity index (χ0) is 20.0. The minimum Gasteiger partial charge on any atom is -0.507 e. The number of aliphatic hydroxyl groups excluding tert-OH is 2.